The summed E-state index contributed by atoms with van der Waals surface area (Å²) in [5.41, 5.74) is 0. The number of hydrogen-bond acceptors (Lipinski definition) is 5. The van der Waals surface area contributed by atoms with Crippen molar-refractivity contribution >= 4 is 17.4 Å². The van der Waals surface area contributed by atoms with Crippen molar-refractivity contribution in [3.8, 4) is 11.5 Å². The molecular formula is C15H16ClN3O2. The highest BCUT2D eigenvalue weighted by atomic mass is 35.5. The Hall–Kier alpha value is -1.85. The fourth-order valence-electron chi connectivity index (χ4n) is 2.17. The number of ether oxygens (including phenoxy) is 1. The molecule has 0 spiro atoms. The minimum atomic E-state index is 0.254. The van der Waals surface area contributed by atoms with Gasteiger partial charge < -0.3 is 15.2 Å². The van der Waals surface area contributed by atoms with Crippen molar-refractivity contribution in [1.29, 1.82) is 0 Å². The maximum atomic E-state index is 9.06. The predicted molar refractivity (Wildman–Crippen MR) is 80.7 cm³/mol. The van der Waals surface area contributed by atoms with Gasteiger partial charge >= 0.3 is 0 Å². The first kappa shape index (κ1) is 14.1. The Morgan fingerprint density at radius 3 is 2.81 bits per heavy atom. The fourth-order valence-corrected chi connectivity index (χ4v) is 2.29. The van der Waals surface area contributed by atoms with Crippen molar-refractivity contribution in [2.75, 3.05) is 18.5 Å². The molecule has 0 radical (unpaired) electrons. The van der Waals surface area contributed by atoms with Gasteiger partial charge in [-0.05, 0) is 42.5 Å². The van der Waals surface area contributed by atoms with Gasteiger partial charge in [0.25, 0.3) is 0 Å². The average molecular weight is 306 g/mol. The Bertz CT molecular complexity index is 606. The number of aromatic nitrogens is 2. The van der Waals surface area contributed by atoms with Crippen LogP contribution in [0, 0.1) is 11.8 Å². The van der Waals surface area contributed by atoms with Crippen molar-refractivity contribution in [2.24, 2.45) is 11.8 Å². The number of rotatable bonds is 6. The van der Waals surface area contributed by atoms with Crippen molar-refractivity contribution in [2.45, 2.75) is 6.42 Å². The molecule has 1 fully saturated rings. The molecule has 21 heavy (non-hydrogen) atoms. The summed E-state index contributed by atoms with van der Waals surface area (Å²) in [6.07, 6.45) is 4.16. The van der Waals surface area contributed by atoms with E-state index in [0.717, 1.165) is 13.0 Å². The van der Waals surface area contributed by atoms with Gasteiger partial charge in [0.1, 0.15) is 12.1 Å². The largest absolute Gasteiger partial charge is 0.452 e. The van der Waals surface area contributed by atoms with Crippen LogP contribution in [-0.2, 0) is 0 Å². The SMILES string of the molecule is OC[C@@H]1C[C@H]1CNc1ncncc1Oc1ccc(Cl)cc1. The first-order chi connectivity index (χ1) is 10.3. The van der Waals surface area contributed by atoms with Crippen molar-refractivity contribution in [1.82, 2.24) is 9.97 Å². The molecular weight excluding hydrogens is 290 g/mol. The highest BCUT2D eigenvalue weighted by molar-refractivity contribution is 6.30. The zero-order valence-electron chi connectivity index (χ0n) is 11.4. The predicted octanol–water partition coefficient (Wildman–Crippen LogP) is 2.96. The third-order valence-electron chi connectivity index (χ3n) is 3.56. The lowest BCUT2D eigenvalue weighted by molar-refractivity contribution is 0.270. The third kappa shape index (κ3) is 3.62. The number of aliphatic hydroxyl groups excluding tert-OH is 1. The van der Waals surface area contributed by atoms with Crippen LogP contribution in [0.25, 0.3) is 0 Å². The molecule has 1 heterocycles. The first-order valence-corrected chi connectivity index (χ1v) is 7.22. The summed E-state index contributed by atoms with van der Waals surface area (Å²) in [4.78, 5) is 8.20. The number of benzene rings is 1. The van der Waals surface area contributed by atoms with Crippen molar-refractivity contribution in [3.63, 3.8) is 0 Å². The van der Waals surface area contributed by atoms with Gasteiger partial charge in [-0.15, -0.1) is 0 Å². The summed E-state index contributed by atoms with van der Waals surface area (Å²) in [6, 6.07) is 7.12. The van der Waals surface area contributed by atoms with E-state index in [1.54, 1.807) is 30.5 Å². The van der Waals surface area contributed by atoms with E-state index in [1.165, 1.54) is 6.33 Å². The van der Waals surface area contributed by atoms with Crippen LogP contribution in [0.3, 0.4) is 0 Å². The minimum absolute atomic E-state index is 0.254. The highest BCUT2D eigenvalue weighted by Crippen LogP contribution is 2.38. The van der Waals surface area contributed by atoms with Crippen molar-refractivity contribution in [3.05, 3.63) is 41.8 Å². The van der Waals surface area contributed by atoms with Gasteiger partial charge in [0.2, 0.25) is 0 Å². The lowest BCUT2D eigenvalue weighted by Crippen LogP contribution is -2.08. The van der Waals surface area contributed by atoms with Crippen LogP contribution in [0.1, 0.15) is 6.42 Å². The monoisotopic (exact) mass is 305 g/mol. The third-order valence-corrected chi connectivity index (χ3v) is 3.81. The molecule has 0 bridgehead atoms. The second-order valence-electron chi connectivity index (χ2n) is 5.11. The van der Waals surface area contributed by atoms with E-state index >= 15 is 0 Å². The maximum Gasteiger partial charge on any atom is 0.187 e. The molecule has 3 rings (SSSR count). The summed E-state index contributed by atoms with van der Waals surface area (Å²) >= 11 is 5.85. The molecule has 0 aliphatic heterocycles. The molecule has 1 aliphatic carbocycles. The Morgan fingerprint density at radius 2 is 2.10 bits per heavy atom. The van der Waals surface area contributed by atoms with Gasteiger partial charge in [-0.3, -0.25) is 0 Å². The smallest absolute Gasteiger partial charge is 0.187 e. The summed E-state index contributed by atoms with van der Waals surface area (Å²) in [5, 5.41) is 13.0. The number of halogens is 1. The normalized spacial score (nSPS) is 20.1. The molecule has 1 aromatic heterocycles. The molecule has 1 aromatic carbocycles. The van der Waals surface area contributed by atoms with E-state index in [4.69, 9.17) is 21.4 Å². The van der Waals surface area contributed by atoms with E-state index in [0.29, 0.717) is 34.2 Å². The Kier molecular flexibility index (Phi) is 4.22. The molecule has 110 valence electrons. The van der Waals surface area contributed by atoms with E-state index in [1.807, 2.05) is 0 Å². The topological polar surface area (TPSA) is 67.3 Å². The zero-order chi connectivity index (χ0) is 14.7. The van der Waals surface area contributed by atoms with Crippen LogP contribution in [0.2, 0.25) is 5.02 Å². The Labute approximate surface area is 128 Å². The number of hydrogen-bond donors (Lipinski definition) is 2. The average Bonchev–Trinajstić information content (AvgIpc) is 3.27. The van der Waals surface area contributed by atoms with Crippen LogP contribution in [0.4, 0.5) is 5.82 Å². The number of aliphatic hydroxyl groups is 1. The number of anilines is 1. The quantitative estimate of drug-likeness (QED) is 0.859. The van der Waals surface area contributed by atoms with Gasteiger partial charge in [-0.25, -0.2) is 9.97 Å². The molecule has 5 nitrogen and oxygen atoms in total. The summed E-state index contributed by atoms with van der Waals surface area (Å²) in [6.45, 7) is 1.03. The molecule has 0 unspecified atom stereocenters. The summed E-state index contributed by atoms with van der Waals surface area (Å²) < 4.78 is 5.77. The molecule has 2 aromatic rings. The maximum absolute atomic E-state index is 9.06. The standard InChI is InChI=1S/C15H16ClN3O2/c16-12-1-3-13(4-2-12)21-14-7-17-9-19-15(14)18-6-10-5-11(10)8-20/h1-4,7,9-11,20H,5-6,8H2,(H,17,18,19)/t10-,11-/m0/s1. The molecule has 2 atom stereocenters. The Balaban J connectivity index is 1.66. The number of nitrogens with zero attached hydrogens (tertiary/aromatic N) is 2. The fraction of sp³-hybridized carbons (Fsp3) is 0.333. The van der Waals surface area contributed by atoms with Crippen LogP contribution in [0.5, 0.6) is 11.5 Å². The van der Waals surface area contributed by atoms with Crippen LogP contribution >= 0.6 is 11.6 Å². The minimum Gasteiger partial charge on any atom is -0.452 e. The second kappa shape index (κ2) is 6.28. The highest BCUT2D eigenvalue weighted by Gasteiger charge is 2.36. The summed E-state index contributed by atoms with van der Waals surface area (Å²) in [5.74, 6) is 2.83. The van der Waals surface area contributed by atoms with Gasteiger partial charge in [0.15, 0.2) is 11.6 Å². The Morgan fingerprint density at radius 1 is 1.29 bits per heavy atom. The zero-order valence-corrected chi connectivity index (χ0v) is 12.1. The summed E-state index contributed by atoms with van der Waals surface area (Å²) in [7, 11) is 0. The first-order valence-electron chi connectivity index (χ1n) is 6.84. The van der Waals surface area contributed by atoms with Gasteiger partial charge in [0, 0.05) is 18.2 Å². The lowest BCUT2D eigenvalue weighted by Gasteiger charge is -2.11. The van der Waals surface area contributed by atoms with E-state index in [9.17, 15) is 0 Å². The van der Waals surface area contributed by atoms with Crippen LogP contribution in [0.15, 0.2) is 36.8 Å². The van der Waals surface area contributed by atoms with Crippen LogP contribution in [-0.4, -0.2) is 28.2 Å². The molecule has 1 aliphatic rings. The molecule has 6 heteroatoms. The van der Waals surface area contributed by atoms with Gasteiger partial charge in [0.05, 0.1) is 6.20 Å². The van der Waals surface area contributed by atoms with Crippen molar-refractivity contribution < 1.29 is 9.84 Å². The van der Waals surface area contributed by atoms with E-state index in [2.05, 4.69) is 15.3 Å². The second-order valence-corrected chi connectivity index (χ2v) is 5.55. The molecule has 0 saturated heterocycles. The lowest BCUT2D eigenvalue weighted by atomic mass is 10.3. The number of nitrogens with one attached hydrogen (secondary N) is 1. The molecule has 2 N–H and O–H groups in total. The van der Waals surface area contributed by atoms with E-state index in [-0.39, 0.29) is 6.61 Å². The van der Waals surface area contributed by atoms with Crippen LogP contribution < -0.4 is 10.1 Å². The molecule has 1 saturated carbocycles. The molecule has 0 amide bonds. The van der Waals surface area contributed by atoms with Gasteiger partial charge in [-0.1, -0.05) is 11.6 Å². The van der Waals surface area contributed by atoms with Gasteiger partial charge in [-0.2, -0.15) is 0 Å². The van der Waals surface area contributed by atoms with E-state index < -0.39 is 0 Å².